The Morgan fingerprint density at radius 2 is 0.731 bits per heavy atom. The van der Waals surface area contributed by atoms with Gasteiger partial charge in [0.2, 0.25) is 0 Å². The van der Waals surface area contributed by atoms with Crippen LogP contribution in [-0.4, -0.2) is 4.57 Å². The third-order valence-corrected chi connectivity index (χ3v) is 14.9. The molecular weight excluding hydrogens is 811 g/mol. The van der Waals surface area contributed by atoms with Crippen LogP contribution in [0.3, 0.4) is 0 Å². The van der Waals surface area contributed by atoms with Crippen molar-refractivity contribution in [1.82, 2.24) is 4.57 Å². The molecule has 0 saturated carbocycles. The Bertz CT molecular complexity index is 3750. The van der Waals surface area contributed by atoms with E-state index in [-0.39, 0.29) is 10.8 Å². The number of fused-ring (bicyclic) bond motifs is 10. The lowest BCUT2D eigenvalue weighted by atomic mass is 9.82. The summed E-state index contributed by atoms with van der Waals surface area (Å²) in [7, 11) is 0. The molecule has 0 saturated heterocycles. The van der Waals surface area contributed by atoms with Crippen LogP contribution in [0.5, 0.6) is 0 Å². The van der Waals surface area contributed by atoms with Gasteiger partial charge in [-0.15, -0.1) is 0 Å². The van der Waals surface area contributed by atoms with Gasteiger partial charge in [0.05, 0.1) is 11.0 Å². The zero-order valence-electron chi connectivity index (χ0n) is 38.2. The third kappa shape index (κ3) is 5.97. The minimum absolute atomic E-state index is 0.104. The molecule has 0 bridgehead atoms. The molecule has 2 aliphatic carbocycles. The molecule has 0 amide bonds. The molecule has 1 aromatic heterocycles. The van der Waals surface area contributed by atoms with Gasteiger partial charge in [-0.2, -0.15) is 0 Å². The van der Waals surface area contributed by atoms with E-state index in [4.69, 9.17) is 0 Å². The van der Waals surface area contributed by atoms with Crippen LogP contribution >= 0.6 is 0 Å². The van der Waals surface area contributed by atoms with Crippen LogP contribution in [0.2, 0.25) is 0 Å². The normalized spacial score (nSPS) is 13.9. The van der Waals surface area contributed by atoms with Crippen molar-refractivity contribution in [3.63, 3.8) is 0 Å². The summed E-state index contributed by atoms with van der Waals surface area (Å²) in [5, 5.41) is 4.85. The molecule has 1 heterocycles. The summed E-state index contributed by atoms with van der Waals surface area (Å²) in [6.45, 7) is 9.43. The lowest BCUT2D eigenvalue weighted by Crippen LogP contribution is -2.16. The summed E-state index contributed by atoms with van der Waals surface area (Å²) in [6, 6.07) is 83.1. The first-order chi connectivity index (χ1) is 32.7. The van der Waals surface area contributed by atoms with Gasteiger partial charge in [0.1, 0.15) is 0 Å². The number of hydrogen-bond acceptors (Lipinski definition) is 2. The number of anilines is 6. The highest BCUT2D eigenvalue weighted by Crippen LogP contribution is 2.53. The summed E-state index contributed by atoms with van der Waals surface area (Å²) >= 11 is 0. The summed E-state index contributed by atoms with van der Waals surface area (Å²) < 4.78 is 2.46. The molecule has 67 heavy (non-hydrogen) atoms. The average Bonchev–Trinajstić information content (AvgIpc) is 3.90. The van der Waals surface area contributed by atoms with Crippen molar-refractivity contribution in [2.24, 2.45) is 0 Å². The molecule has 0 spiro atoms. The summed E-state index contributed by atoms with van der Waals surface area (Å²) in [5.41, 5.74) is 20.8. The van der Waals surface area contributed by atoms with Gasteiger partial charge in [0.25, 0.3) is 0 Å². The first-order valence-corrected chi connectivity index (χ1v) is 23.5. The van der Waals surface area contributed by atoms with Gasteiger partial charge < -0.3 is 14.4 Å². The molecule has 0 fully saturated rings. The molecule has 0 atom stereocenters. The molecule has 13 rings (SSSR count). The molecule has 2 aliphatic rings. The molecule has 0 aliphatic heterocycles. The van der Waals surface area contributed by atoms with Gasteiger partial charge in [-0.25, -0.2) is 0 Å². The fraction of sp³-hybridized carbons (Fsp3) is 0.0938. The highest BCUT2D eigenvalue weighted by atomic mass is 15.1. The maximum atomic E-state index is 2.46. The topological polar surface area (TPSA) is 11.4 Å². The monoisotopic (exact) mass is 859 g/mol. The lowest BCUT2D eigenvalue weighted by molar-refractivity contribution is 0.660. The first kappa shape index (κ1) is 39.2. The number of hydrogen-bond donors (Lipinski definition) is 0. The van der Waals surface area contributed by atoms with Gasteiger partial charge in [-0.05, 0) is 152 Å². The summed E-state index contributed by atoms with van der Waals surface area (Å²) in [5.74, 6) is 0. The highest BCUT2D eigenvalue weighted by molar-refractivity contribution is 6.15. The van der Waals surface area contributed by atoms with Crippen LogP contribution in [0, 0.1) is 0 Å². The van der Waals surface area contributed by atoms with Gasteiger partial charge in [0.15, 0.2) is 0 Å². The van der Waals surface area contributed by atoms with E-state index in [1.54, 1.807) is 0 Å². The van der Waals surface area contributed by atoms with Crippen molar-refractivity contribution in [3.05, 3.63) is 247 Å². The smallest absolute Gasteiger partial charge is 0.0561 e. The van der Waals surface area contributed by atoms with Crippen LogP contribution in [0.1, 0.15) is 49.9 Å². The molecule has 0 N–H and O–H groups in total. The number of benzene rings is 10. The molecule has 10 aromatic carbocycles. The maximum absolute atomic E-state index is 2.46. The van der Waals surface area contributed by atoms with Crippen LogP contribution < -0.4 is 9.80 Å². The summed E-state index contributed by atoms with van der Waals surface area (Å²) in [6.07, 6.45) is 0. The van der Waals surface area contributed by atoms with Crippen molar-refractivity contribution in [2.75, 3.05) is 9.80 Å². The fourth-order valence-electron chi connectivity index (χ4n) is 11.6. The molecule has 320 valence electrons. The molecule has 3 heteroatoms. The van der Waals surface area contributed by atoms with E-state index in [0.29, 0.717) is 0 Å². The second-order valence-electron chi connectivity index (χ2n) is 19.4. The molecular formula is C64H49N3. The fourth-order valence-corrected chi connectivity index (χ4v) is 11.6. The SMILES string of the molecule is CC1(C)c2ccccc2-c2ccc(N(c3ccccc3)c3ccc4cc5c6ccc(N(c7ccccc7)c7ccc8c(c7)C(C)(C)c7ccccc7-8)cc6n(-c6ccccc6)c5cc4c3)cc21. The Morgan fingerprint density at radius 3 is 1.30 bits per heavy atom. The van der Waals surface area contributed by atoms with E-state index in [0.717, 1.165) is 45.3 Å². The lowest BCUT2D eigenvalue weighted by Gasteiger charge is -2.28. The molecule has 11 aromatic rings. The van der Waals surface area contributed by atoms with Crippen LogP contribution in [0.15, 0.2) is 224 Å². The second-order valence-corrected chi connectivity index (χ2v) is 19.4. The molecule has 3 nitrogen and oxygen atoms in total. The van der Waals surface area contributed by atoms with E-state index >= 15 is 0 Å². The predicted molar refractivity (Wildman–Crippen MR) is 283 cm³/mol. The quantitative estimate of drug-likeness (QED) is 0.158. The zero-order chi connectivity index (χ0) is 45.0. The first-order valence-electron chi connectivity index (χ1n) is 23.5. The maximum Gasteiger partial charge on any atom is 0.0561 e. The van der Waals surface area contributed by atoms with Gasteiger partial charge >= 0.3 is 0 Å². The van der Waals surface area contributed by atoms with E-state index in [9.17, 15) is 0 Å². The Hall–Kier alpha value is -8.14. The minimum Gasteiger partial charge on any atom is -0.310 e. The Kier molecular flexibility index (Phi) is 8.60. The minimum atomic E-state index is -0.112. The average molecular weight is 860 g/mol. The number of rotatable bonds is 7. The Labute approximate surface area is 392 Å². The number of aromatic nitrogens is 1. The second kappa shape index (κ2) is 14.7. The van der Waals surface area contributed by atoms with E-state index in [2.05, 4.69) is 267 Å². The Morgan fingerprint density at radius 1 is 0.299 bits per heavy atom. The highest BCUT2D eigenvalue weighted by Gasteiger charge is 2.37. The zero-order valence-corrected chi connectivity index (χ0v) is 38.2. The van der Waals surface area contributed by atoms with Gasteiger partial charge in [-0.3, -0.25) is 0 Å². The van der Waals surface area contributed by atoms with Crippen LogP contribution in [-0.2, 0) is 10.8 Å². The van der Waals surface area contributed by atoms with Crippen LogP contribution in [0.4, 0.5) is 34.1 Å². The van der Waals surface area contributed by atoms with E-state index in [1.165, 1.54) is 71.6 Å². The van der Waals surface area contributed by atoms with Crippen molar-refractivity contribution in [3.8, 4) is 27.9 Å². The van der Waals surface area contributed by atoms with Gasteiger partial charge in [-0.1, -0.05) is 155 Å². The van der Waals surface area contributed by atoms with Crippen molar-refractivity contribution in [2.45, 2.75) is 38.5 Å². The Balaban J connectivity index is 0.982. The van der Waals surface area contributed by atoms with E-state index < -0.39 is 0 Å². The third-order valence-electron chi connectivity index (χ3n) is 14.9. The van der Waals surface area contributed by atoms with E-state index in [1.807, 2.05) is 0 Å². The standard InChI is InChI=1S/C64H49N3/c1-63(2)57-26-16-14-24-51(57)53-33-30-48(39-59(53)63)65(44-18-8-5-9-19-44)47-29-28-42-37-56-55-35-32-50(41-62(55)67(46-22-12-7-13-23-46)61(56)38-43(42)36-47)66(45-20-10-6-11-21-45)49-31-34-54-52-25-15-17-27-58(52)64(3,4)60(54)40-49/h5-41H,1-4H3. The predicted octanol–water partition coefficient (Wildman–Crippen LogP) is 17.5. The van der Waals surface area contributed by atoms with Crippen molar-refractivity contribution >= 4 is 66.7 Å². The largest absolute Gasteiger partial charge is 0.310 e. The number of para-hydroxylation sites is 3. The number of nitrogens with zero attached hydrogens (tertiary/aromatic N) is 3. The van der Waals surface area contributed by atoms with Crippen molar-refractivity contribution in [1.29, 1.82) is 0 Å². The van der Waals surface area contributed by atoms with Gasteiger partial charge in [0, 0.05) is 61.4 Å². The van der Waals surface area contributed by atoms with Crippen LogP contribution in [0.25, 0.3) is 60.5 Å². The summed E-state index contributed by atoms with van der Waals surface area (Å²) in [4.78, 5) is 4.84. The van der Waals surface area contributed by atoms with Crippen molar-refractivity contribution < 1.29 is 0 Å². The molecule has 0 unspecified atom stereocenters. The molecule has 0 radical (unpaired) electrons.